The highest BCUT2D eigenvalue weighted by atomic mass is 19.3. The molecule has 1 atom stereocenters. The molecule has 0 aromatic rings. The van der Waals surface area contributed by atoms with Gasteiger partial charge in [0.1, 0.15) is 0 Å². The molecule has 4 heteroatoms. The predicted octanol–water partition coefficient (Wildman–Crippen LogP) is 0.756. The van der Waals surface area contributed by atoms with Crippen molar-refractivity contribution in [2.75, 3.05) is 13.2 Å². The van der Waals surface area contributed by atoms with E-state index < -0.39 is 12.0 Å². The van der Waals surface area contributed by atoms with Crippen LogP contribution in [-0.4, -0.2) is 30.2 Å². The van der Waals surface area contributed by atoms with Crippen LogP contribution in [0.1, 0.15) is 19.3 Å². The molecule has 1 saturated heterocycles. The van der Waals surface area contributed by atoms with Crippen LogP contribution in [0.5, 0.6) is 0 Å². The number of nitrogens with one attached hydrogen (secondary N) is 1. The van der Waals surface area contributed by atoms with Crippen LogP contribution in [-0.2, 0) is 0 Å². The van der Waals surface area contributed by atoms with Crippen molar-refractivity contribution < 1.29 is 13.9 Å². The summed E-state index contributed by atoms with van der Waals surface area (Å²) in [6.45, 7) is 0.560. The minimum Gasteiger partial charge on any atom is -0.394 e. The number of hydrogen-bond acceptors (Lipinski definition) is 2. The number of hydrogen-bond donors (Lipinski definition) is 2. The van der Waals surface area contributed by atoms with Gasteiger partial charge in [-0.3, -0.25) is 0 Å². The van der Waals surface area contributed by atoms with Crippen LogP contribution >= 0.6 is 0 Å². The molecule has 0 aromatic heterocycles. The summed E-state index contributed by atoms with van der Waals surface area (Å²) in [4.78, 5) is 0. The van der Waals surface area contributed by atoms with E-state index in [-0.39, 0.29) is 13.0 Å². The van der Waals surface area contributed by atoms with E-state index in [1.807, 2.05) is 0 Å². The molecule has 2 N–H and O–H groups in total. The second-order valence-electron chi connectivity index (χ2n) is 3.06. The Hall–Kier alpha value is -0.220. The van der Waals surface area contributed by atoms with E-state index in [0.717, 1.165) is 13.0 Å². The normalized spacial score (nSPS) is 31.6. The molecule has 1 rings (SSSR count). The summed E-state index contributed by atoms with van der Waals surface area (Å²) < 4.78 is 23.9. The highest BCUT2D eigenvalue weighted by molar-refractivity contribution is 4.92. The first-order chi connectivity index (χ1) is 5.18. The summed E-state index contributed by atoms with van der Waals surface area (Å²) in [6.07, 6.45) is -1.02. The van der Waals surface area contributed by atoms with Crippen LogP contribution in [0.3, 0.4) is 0 Å². The maximum absolute atomic E-state index is 12.0. The number of aliphatic hydroxyl groups is 1. The molecule has 0 bridgehead atoms. The molecule has 0 aromatic carbocycles. The standard InChI is InChI=1S/C7H13F2NO/c8-6(9)4-7(5-11)2-1-3-10-7/h6,10-11H,1-5H2. The largest absolute Gasteiger partial charge is 0.394 e. The van der Waals surface area contributed by atoms with Crippen LogP contribution in [0.2, 0.25) is 0 Å². The van der Waals surface area contributed by atoms with Crippen molar-refractivity contribution in [3.8, 4) is 0 Å². The second-order valence-corrected chi connectivity index (χ2v) is 3.06. The third-order valence-electron chi connectivity index (χ3n) is 2.18. The van der Waals surface area contributed by atoms with Crippen molar-refractivity contribution in [1.29, 1.82) is 0 Å². The maximum Gasteiger partial charge on any atom is 0.240 e. The zero-order valence-electron chi connectivity index (χ0n) is 6.32. The number of aliphatic hydroxyl groups excluding tert-OH is 1. The van der Waals surface area contributed by atoms with E-state index >= 15 is 0 Å². The van der Waals surface area contributed by atoms with Gasteiger partial charge in [-0.1, -0.05) is 0 Å². The van der Waals surface area contributed by atoms with Gasteiger partial charge in [0, 0.05) is 12.0 Å². The van der Waals surface area contributed by atoms with E-state index in [9.17, 15) is 8.78 Å². The van der Waals surface area contributed by atoms with Crippen molar-refractivity contribution >= 4 is 0 Å². The van der Waals surface area contributed by atoms with Gasteiger partial charge in [-0.05, 0) is 19.4 Å². The van der Waals surface area contributed by atoms with Crippen LogP contribution in [0.4, 0.5) is 8.78 Å². The lowest BCUT2D eigenvalue weighted by Gasteiger charge is -2.26. The highest BCUT2D eigenvalue weighted by Gasteiger charge is 2.35. The zero-order valence-corrected chi connectivity index (χ0v) is 6.32. The molecule has 11 heavy (non-hydrogen) atoms. The lowest BCUT2D eigenvalue weighted by Crippen LogP contribution is -2.44. The first-order valence-electron chi connectivity index (χ1n) is 3.83. The van der Waals surface area contributed by atoms with Gasteiger partial charge in [-0.2, -0.15) is 0 Å². The highest BCUT2D eigenvalue weighted by Crippen LogP contribution is 2.25. The summed E-state index contributed by atoms with van der Waals surface area (Å²) in [6, 6.07) is 0. The second kappa shape index (κ2) is 3.45. The van der Waals surface area contributed by atoms with E-state index in [2.05, 4.69) is 5.32 Å². The molecule has 2 nitrogen and oxygen atoms in total. The van der Waals surface area contributed by atoms with Crippen molar-refractivity contribution in [1.82, 2.24) is 5.32 Å². The Bertz CT molecular complexity index is 124. The fourth-order valence-electron chi connectivity index (χ4n) is 1.54. The fourth-order valence-corrected chi connectivity index (χ4v) is 1.54. The minimum absolute atomic E-state index is 0.183. The topological polar surface area (TPSA) is 32.3 Å². The SMILES string of the molecule is OCC1(CC(F)F)CCCN1. The molecule has 0 radical (unpaired) electrons. The number of rotatable bonds is 3. The van der Waals surface area contributed by atoms with Gasteiger partial charge in [0.2, 0.25) is 6.43 Å². The van der Waals surface area contributed by atoms with Crippen molar-refractivity contribution in [2.45, 2.75) is 31.2 Å². The summed E-state index contributed by atoms with van der Waals surface area (Å²) in [5.41, 5.74) is -0.686. The van der Waals surface area contributed by atoms with Crippen molar-refractivity contribution in [3.63, 3.8) is 0 Å². The molecule has 66 valence electrons. The fraction of sp³-hybridized carbons (Fsp3) is 1.00. The first-order valence-corrected chi connectivity index (χ1v) is 3.83. The molecule has 1 heterocycles. The number of alkyl halides is 2. The molecule has 1 fully saturated rings. The van der Waals surface area contributed by atoms with Crippen molar-refractivity contribution in [3.05, 3.63) is 0 Å². The average Bonchev–Trinajstić information content (AvgIpc) is 2.36. The predicted molar refractivity (Wildman–Crippen MR) is 37.7 cm³/mol. The summed E-state index contributed by atoms with van der Waals surface area (Å²) in [7, 11) is 0. The zero-order chi connectivity index (χ0) is 8.32. The molecule has 1 aliphatic rings. The third-order valence-corrected chi connectivity index (χ3v) is 2.18. The summed E-state index contributed by atoms with van der Waals surface area (Å²) in [5, 5.41) is 11.8. The Labute approximate surface area is 64.6 Å². The van der Waals surface area contributed by atoms with Gasteiger partial charge in [0.25, 0.3) is 0 Å². The molecular weight excluding hydrogens is 152 g/mol. The molecule has 1 aliphatic heterocycles. The van der Waals surface area contributed by atoms with Crippen molar-refractivity contribution in [2.24, 2.45) is 0 Å². The van der Waals surface area contributed by atoms with E-state index in [1.54, 1.807) is 0 Å². The summed E-state index contributed by atoms with van der Waals surface area (Å²) >= 11 is 0. The molecule has 1 unspecified atom stereocenters. The Morgan fingerprint density at radius 1 is 1.55 bits per heavy atom. The Balaban J connectivity index is 2.45. The van der Waals surface area contributed by atoms with E-state index in [4.69, 9.17) is 5.11 Å². The summed E-state index contributed by atoms with van der Waals surface area (Å²) in [5.74, 6) is 0. The van der Waals surface area contributed by atoms with Gasteiger partial charge in [0.05, 0.1) is 6.61 Å². The van der Waals surface area contributed by atoms with Gasteiger partial charge in [-0.25, -0.2) is 8.78 Å². The number of halogens is 2. The Morgan fingerprint density at radius 2 is 2.27 bits per heavy atom. The monoisotopic (exact) mass is 165 g/mol. The lowest BCUT2D eigenvalue weighted by molar-refractivity contribution is 0.0684. The first kappa shape index (κ1) is 8.87. The Morgan fingerprint density at radius 3 is 2.64 bits per heavy atom. The maximum atomic E-state index is 12.0. The van der Waals surface area contributed by atoms with E-state index in [1.165, 1.54) is 0 Å². The van der Waals surface area contributed by atoms with Gasteiger partial charge < -0.3 is 10.4 Å². The smallest absolute Gasteiger partial charge is 0.240 e. The van der Waals surface area contributed by atoms with Crippen LogP contribution in [0.15, 0.2) is 0 Å². The molecule has 0 saturated carbocycles. The third kappa shape index (κ3) is 2.10. The molecule has 0 amide bonds. The quantitative estimate of drug-likeness (QED) is 0.647. The van der Waals surface area contributed by atoms with Gasteiger partial charge in [-0.15, -0.1) is 0 Å². The van der Waals surface area contributed by atoms with Gasteiger partial charge in [0.15, 0.2) is 0 Å². The molecule has 0 spiro atoms. The van der Waals surface area contributed by atoms with Crippen LogP contribution in [0.25, 0.3) is 0 Å². The molecule has 0 aliphatic carbocycles. The molecular formula is C7H13F2NO. The van der Waals surface area contributed by atoms with E-state index in [0.29, 0.717) is 6.42 Å². The lowest BCUT2D eigenvalue weighted by atomic mass is 9.95. The van der Waals surface area contributed by atoms with Gasteiger partial charge >= 0.3 is 0 Å². The average molecular weight is 165 g/mol. The van der Waals surface area contributed by atoms with Crippen LogP contribution < -0.4 is 5.32 Å². The Kier molecular flexibility index (Phi) is 2.78. The van der Waals surface area contributed by atoms with Crippen LogP contribution in [0, 0.1) is 0 Å². The minimum atomic E-state index is -2.33.